The lowest BCUT2D eigenvalue weighted by molar-refractivity contribution is 0.0940. The van der Waals surface area contributed by atoms with Crippen LogP contribution in [0.2, 0.25) is 0 Å². The molecule has 1 atom stereocenters. The molecule has 1 unspecified atom stereocenters. The Morgan fingerprint density at radius 1 is 1.33 bits per heavy atom. The zero-order valence-corrected chi connectivity index (χ0v) is 13.3. The number of amides is 1. The van der Waals surface area contributed by atoms with Gasteiger partial charge >= 0.3 is 0 Å². The van der Waals surface area contributed by atoms with Crippen molar-refractivity contribution in [3.63, 3.8) is 0 Å². The molecule has 0 aromatic heterocycles. The summed E-state index contributed by atoms with van der Waals surface area (Å²) in [6, 6.07) is 5.00. The van der Waals surface area contributed by atoms with Gasteiger partial charge in [0.05, 0.1) is 17.1 Å². The van der Waals surface area contributed by atoms with E-state index >= 15 is 0 Å². The number of hydrogen-bond donors (Lipinski definition) is 1. The van der Waals surface area contributed by atoms with Crippen molar-refractivity contribution < 1.29 is 13.2 Å². The van der Waals surface area contributed by atoms with Crippen molar-refractivity contribution >= 4 is 47.6 Å². The summed E-state index contributed by atoms with van der Waals surface area (Å²) in [6.07, 6.45) is 0.486. The maximum Gasteiger partial charge on any atom is 0.252 e. The van der Waals surface area contributed by atoms with Gasteiger partial charge in [0.2, 0.25) is 0 Å². The summed E-state index contributed by atoms with van der Waals surface area (Å²) >= 11 is 6.60. The van der Waals surface area contributed by atoms with Gasteiger partial charge in [0.25, 0.3) is 5.91 Å². The summed E-state index contributed by atoms with van der Waals surface area (Å²) in [5.74, 6) is -0.0765. The van der Waals surface area contributed by atoms with Crippen LogP contribution in [0.3, 0.4) is 0 Å². The topological polar surface area (TPSA) is 63.2 Å². The van der Waals surface area contributed by atoms with Crippen LogP contribution in [0.1, 0.15) is 16.8 Å². The number of carbonyl (C=O) groups excluding carboxylic acids is 1. The Morgan fingerprint density at radius 3 is 2.67 bits per heavy atom. The molecule has 18 heavy (non-hydrogen) atoms. The van der Waals surface area contributed by atoms with Crippen LogP contribution in [0, 0.1) is 0 Å². The maximum atomic E-state index is 12.0. The average Bonchev–Trinajstić information content (AvgIpc) is 2.61. The molecule has 1 N–H and O–H groups in total. The van der Waals surface area contributed by atoms with E-state index in [1.54, 1.807) is 12.1 Å². The molecule has 1 aromatic carbocycles. The molecular weight excluding hydrogens is 386 g/mol. The van der Waals surface area contributed by atoms with Crippen LogP contribution in [0.15, 0.2) is 27.1 Å². The lowest BCUT2D eigenvalue weighted by Gasteiger charge is -2.12. The van der Waals surface area contributed by atoms with Crippen LogP contribution in [0.5, 0.6) is 0 Å². The fraction of sp³-hybridized carbons (Fsp3) is 0.364. The maximum absolute atomic E-state index is 12.0. The van der Waals surface area contributed by atoms with Gasteiger partial charge in [-0.3, -0.25) is 4.79 Å². The van der Waals surface area contributed by atoms with Gasteiger partial charge in [-0.05, 0) is 40.5 Å². The molecule has 7 heteroatoms. The summed E-state index contributed by atoms with van der Waals surface area (Å²) < 4.78 is 24.1. The molecule has 1 saturated heterocycles. The fourth-order valence-corrected chi connectivity index (χ4v) is 4.30. The molecule has 1 aliphatic heterocycles. The van der Waals surface area contributed by atoms with Gasteiger partial charge in [0, 0.05) is 15.0 Å². The largest absolute Gasteiger partial charge is 0.348 e. The Labute approximate surface area is 122 Å². The minimum absolute atomic E-state index is 0.0321. The summed E-state index contributed by atoms with van der Waals surface area (Å²) in [6.45, 7) is 0. The van der Waals surface area contributed by atoms with Crippen molar-refractivity contribution in [1.82, 2.24) is 5.32 Å². The second kappa shape index (κ2) is 5.30. The highest BCUT2D eigenvalue weighted by Crippen LogP contribution is 2.22. The molecular formula is C11H11Br2NO3S. The number of rotatable bonds is 2. The number of benzene rings is 1. The Bertz CT molecular complexity index is 586. The summed E-state index contributed by atoms with van der Waals surface area (Å²) in [5, 5.41) is 2.75. The monoisotopic (exact) mass is 395 g/mol. The zero-order chi connectivity index (χ0) is 13.3. The molecule has 0 aliphatic carbocycles. The van der Waals surface area contributed by atoms with E-state index in [-0.39, 0.29) is 23.5 Å². The number of carbonyl (C=O) groups is 1. The summed E-state index contributed by atoms with van der Waals surface area (Å²) in [4.78, 5) is 12.0. The van der Waals surface area contributed by atoms with Gasteiger partial charge in [-0.2, -0.15) is 0 Å². The molecule has 1 fully saturated rings. The van der Waals surface area contributed by atoms with Crippen molar-refractivity contribution in [2.75, 3.05) is 11.5 Å². The highest BCUT2D eigenvalue weighted by Gasteiger charge is 2.29. The highest BCUT2D eigenvalue weighted by molar-refractivity contribution is 9.11. The summed E-state index contributed by atoms with van der Waals surface area (Å²) in [5.41, 5.74) is 0.494. The van der Waals surface area contributed by atoms with E-state index in [1.807, 2.05) is 6.07 Å². The molecule has 0 radical (unpaired) electrons. The normalized spacial score (nSPS) is 21.8. The van der Waals surface area contributed by atoms with Crippen molar-refractivity contribution in [3.8, 4) is 0 Å². The third kappa shape index (κ3) is 3.33. The second-order valence-corrected chi connectivity index (χ2v) is 8.20. The van der Waals surface area contributed by atoms with E-state index < -0.39 is 9.84 Å². The fourth-order valence-electron chi connectivity index (χ4n) is 1.84. The molecule has 1 aromatic rings. The van der Waals surface area contributed by atoms with Crippen LogP contribution in [-0.2, 0) is 9.84 Å². The first-order valence-corrected chi connectivity index (χ1v) is 8.74. The molecule has 1 amide bonds. The highest BCUT2D eigenvalue weighted by atomic mass is 79.9. The molecule has 1 heterocycles. The van der Waals surface area contributed by atoms with E-state index in [0.717, 1.165) is 4.47 Å². The minimum Gasteiger partial charge on any atom is -0.348 e. The van der Waals surface area contributed by atoms with Crippen molar-refractivity contribution in [2.24, 2.45) is 0 Å². The van der Waals surface area contributed by atoms with Crippen molar-refractivity contribution in [1.29, 1.82) is 0 Å². The van der Waals surface area contributed by atoms with Crippen LogP contribution >= 0.6 is 31.9 Å². The van der Waals surface area contributed by atoms with E-state index in [2.05, 4.69) is 37.2 Å². The predicted octanol–water partition coefficient (Wildman–Crippen LogP) is 2.13. The molecule has 4 nitrogen and oxygen atoms in total. The Balaban J connectivity index is 2.11. The number of hydrogen-bond acceptors (Lipinski definition) is 3. The predicted molar refractivity (Wildman–Crippen MR) is 76.4 cm³/mol. The van der Waals surface area contributed by atoms with Crippen LogP contribution in [0.25, 0.3) is 0 Å². The molecule has 0 spiro atoms. The Morgan fingerprint density at radius 2 is 2.06 bits per heavy atom. The van der Waals surface area contributed by atoms with E-state index in [0.29, 0.717) is 16.5 Å². The third-order valence-corrected chi connectivity index (χ3v) is 5.69. The number of halogens is 2. The Kier molecular flexibility index (Phi) is 4.13. The van der Waals surface area contributed by atoms with Crippen molar-refractivity contribution in [3.05, 3.63) is 32.7 Å². The molecule has 2 rings (SSSR count). The lowest BCUT2D eigenvalue weighted by atomic mass is 10.2. The SMILES string of the molecule is O=C(NC1CCS(=O)(=O)C1)c1cc(Br)ccc1Br. The van der Waals surface area contributed by atoms with Crippen LogP contribution in [-0.4, -0.2) is 31.9 Å². The summed E-state index contributed by atoms with van der Waals surface area (Å²) in [7, 11) is -2.98. The van der Waals surface area contributed by atoms with E-state index in [9.17, 15) is 13.2 Å². The molecule has 0 saturated carbocycles. The quantitative estimate of drug-likeness (QED) is 0.832. The first kappa shape index (κ1) is 14.0. The van der Waals surface area contributed by atoms with Gasteiger partial charge in [-0.15, -0.1) is 0 Å². The standard InChI is InChI=1S/C11H11Br2NO3S/c12-7-1-2-10(13)9(5-7)11(15)14-8-3-4-18(16,17)6-8/h1-2,5,8H,3-4,6H2,(H,14,15). The Hall–Kier alpha value is -0.400. The van der Waals surface area contributed by atoms with Gasteiger partial charge in [0.15, 0.2) is 9.84 Å². The van der Waals surface area contributed by atoms with Gasteiger partial charge in [-0.1, -0.05) is 15.9 Å². The minimum atomic E-state index is -2.98. The molecule has 1 aliphatic rings. The van der Waals surface area contributed by atoms with Gasteiger partial charge < -0.3 is 5.32 Å². The number of sulfone groups is 1. The van der Waals surface area contributed by atoms with Gasteiger partial charge in [-0.25, -0.2) is 8.42 Å². The van der Waals surface area contributed by atoms with Crippen LogP contribution in [0.4, 0.5) is 0 Å². The van der Waals surface area contributed by atoms with Crippen molar-refractivity contribution in [2.45, 2.75) is 12.5 Å². The number of nitrogens with one attached hydrogen (secondary N) is 1. The van der Waals surface area contributed by atoms with Gasteiger partial charge in [0.1, 0.15) is 0 Å². The zero-order valence-electron chi connectivity index (χ0n) is 9.32. The smallest absolute Gasteiger partial charge is 0.252 e. The first-order valence-electron chi connectivity index (χ1n) is 5.34. The second-order valence-electron chi connectivity index (χ2n) is 4.20. The van der Waals surface area contributed by atoms with E-state index in [1.165, 1.54) is 0 Å². The molecule has 98 valence electrons. The molecule has 0 bridgehead atoms. The lowest BCUT2D eigenvalue weighted by Crippen LogP contribution is -2.35. The van der Waals surface area contributed by atoms with E-state index in [4.69, 9.17) is 0 Å². The first-order chi connectivity index (χ1) is 8.37. The average molecular weight is 397 g/mol. The van der Waals surface area contributed by atoms with Crippen LogP contribution < -0.4 is 5.32 Å². The third-order valence-electron chi connectivity index (χ3n) is 2.74.